The van der Waals surface area contributed by atoms with E-state index in [-0.39, 0.29) is 12.0 Å². The van der Waals surface area contributed by atoms with Crippen molar-refractivity contribution < 1.29 is 9.90 Å². The zero-order chi connectivity index (χ0) is 13.8. The number of aliphatic carboxylic acids is 1. The van der Waals surface area contributed by atoms with Crippen LogP contribution in [0, 0.1) is 0 Å². The summed E-state index contributed by atoms with van der Waals surface area (Å²) in [5.74, 6) is -1.22. The first-order valence-corrected chi connectivity index (χ1v) is 6.45. The van der Waals surface area contributed by atoms with Gasteiger partial charge < -0.3 is 16.6 Å². The summed E-state index contributed by atoms with van der Waals surface area (Å²) in [6, 6.07) is 0.219. The normalized spacial score (nSPS) is 21.1. The largest absolute Gasteiger partial charge is 0.478 e. The van der Waals surface area contributed by atoms with Crippen LogP contribution in [-0.4, -0.2) is 40.7 Å². The molecule has 0 spiro atoms. The molecule has 0 saturated heterocycles. The number of guanidine groups is 1. The van der Waals surface area contributed by atoms with Crippen LogP contribution in [0.25, 0.3) is 0 Å². The van der Waals surface area contributed by atoms with Crippen LogP contribution in [0.2, 0.25) is 0 Å². The van der Waals surface area contributed by atoms with Crippen LogP contribution in [-0.2, 0) is 4.79 Å². The van der Waals surface area contributed by atoms with Crippen molar-refractivity contribution in [2.24, 2.45) is 16.5 Å². The third kappa shape index (κ3) is 3.35. The SMILES string of the molecule is CN(C1CCCCCC1)[C@](C)(N=C(N)N)C(=O)O. The Bertz CT molecular complexity index is 320. The van der Waals surface area contributed by atoms with Gasteiger partial charge in [-0.25, -0.2) is 9.79 Å². The minimum Gasteiger partial charge on any atom is -0.478 e. The van der Waals surface area contributed by atoms with Crippen molar-refractivity contribution in [3.63, 3.8) is 0 Å². The van der Waals surface area contributed by atoms with Crippen molar-refractivity contribution in [1.82, 2.24) is 4.90 Å². The van der Waals surface area contributed by atoms with E-state index in [4.69, 9.17) is 11.5 Å². The van der Waals surface area contributed by atoms with Gasteiger partial charge in [0, 0.05) is 6.04 Å². The number of nitrogens with two attached hydrogens (primary N) is 2. The Labute approximate surface area is 108 Å². The van der Waals surface area contributed by atoms with Gasteiger partial charge in [0.2, 0.25) is 5.66 Å². The van der Waals surface area contributed by atoms with Crippen molar-refractivity contribution >= 4 is 11.9 Å². The summed E-state index contributed by atoms with van der Waals surface area (Å²) in [5.41, 5.74) is 9.32. The Morgan fingerprint density at radius 2 is 1.78 bits per heavy atom. The molecule has 1 fully saturated rings. The van der Waals surface area contributed by atoms with Gasteiger partial charge in [-0.3, -0.25) is 4.90 Å². The molecule has 1 aliphatic carbocycles. The first kappa shape index (κ1) is 14.8. The Morgan fingerprint density at radius 3 is 2.17 bits per heavy atom. The lowest BCUT2D eigenvalue weighted by Crippen LogP contribution is -2.54. The molecule has 6 nitrogen and oxygen atoms in total. The fourth-order valence-electron chi connectivity index (χ4n) is 2.53. The van der Waals surface area contributed by atoms with E-state index in [1.807, 2.05) is 0 Å². The van der Waals surface area contributed by atoms with Crippen LogP contribution >= 0.6 is 0 Å². The Hall–Kier alpha value is -1.30. The Morgan fingerprint density at radius 1 is 1.28 bits per heavy atom. The van der Waals surface area contributed by atoms with E-state index in [0.29, 0.717) is 0 Å². The molecule has 18 heavy (non-hydrogen) atoms. The summed E-state index contributed by atoms with van der Waals surface area (Å²) in [6.07, 6.45) is 6.70. The Balaban J connectivity index is 2.91. The summed E-state index contributed by atoms with van der Waals surface area (Å²) in [5, 5.41) is 9.39. The van der Waals surface area contributed by atoms with Crippen LogP contribution in [0.1, 0.15) is 45.4 Å². The lowest BCUT2D eigenvalue weighted by Gasteiger charge is -2.37. The maximum Gasteiger partial charge on any atom is 0.346 e. The highest BCUT2D eigenvalue weighted by Gasteiger charge is 2.40. The molecule has 6 heteroatoms. The van der Waals surface area contributed by atoms with E-state index >= 15 is 0 Å². The number of carboxylic acids is 1. The van der Waals surface area contributed by atoms with Crippen molar-refractivity contribution in [3.05, 3.63) is 0 Å². The van der Waals surface area contributed by atoms with Gasteiger partial charge in [-0.1, -0.05) is 25.7 Å². The number of rotatable bonds is 4. The molecular weight excluding hydrogens is 232 g/mol. The molecule has 0 aromatic carbocycles. The zero-order valence-corrected chi connectivity index (χ0v) is 11.2. The zero-order valence-electron chi connectivity index (χ0n) is 11.2. The number of carbonyl (C=O) groups is 1. The molecule has 0 aromatic heterocycles. The predicted octanol–water partition coefficient (Wildman–Crippen LogP) is 0.715. The first-order valence-electron chi connectivity index (χ1n) is 6.45. The van der Waals surface area contributed by atoms with Gasteiger partial charge in [0.25, 0.3) is 0 Å². The lowest BCUT2D eigenvalue weighted by atomic mass is 10.0. The van der Waals surface area contributed by atoms with E-state index in [2.05, 4.69) is 4.99 Å². The van der Waals surface area contributed by atoms with Crippen molar-refractivity contribution in [3.8, 4) is 0 Å². The van der Waals surface area contributed by atoms with E-state index in [0.717, 1.165) is 25.7 Å². The molecule has 0 aliphatic heterocycles. The van der Waals surface area contributed by atoms with Crippen LogP contribution in [0.4, 0.5) is 0 Å². The first-order chi connectivity index (χ1) is 8.38. The number of nitrogens with zero attached hydrogens (tertiary/aromatic N) is 2. The molecule has 1 saturated carbocycles. The van der Waals surface area contributed by atoms with Gasteiger partial charge in [-0.05, 0) is 26.8 Å². The van der Waals surface area contributed by atoms with E-state index in [1.54, 1.807) is 18.9 Å². The van der Waals surface area contributed by atoms with Crippen molar-refractivity contribution in [2.75, 3.05) is 7.05 Å². The molecule has 1 aliphatic rings. The summed E-state index contributed by atoms with van der Waals surface area (Å²) in [6.45, 7) is 1.54. The van der Waals surface area contributed by atoms with Gasteiger partial charge in [0.1, 0.15) is 0 Å². The predicted molar refractivity (Wildman–Crippen MR) is 71.1 cm³/mol. The third-order valence-electron chi connectivity index (χ3n) is 3.81. The second kappa shape index (κ2) is 6.04. The molecule has 0 amide bonds. The maximum atomic E-state index is 11.5. The maximum absolute atomic E-state index is 11.5. The van der Waals surface area contributed by atoms with Crippen molar-refractivity contribution in [1.29, 1.82) is 0 Å². The smallest absolute Gasteiger partial charge is 0.346 e. The summed E-state index contributed by atoms with van der Waals surface area (Å²) >= 11 is 0. The Kier molecular flexibility index (Phi) is 4.95. The van der Waals surface area contributed by atoms with Gasteiger partial charge in [0.05, 0.1) is 0 Å². The number of aliphatic imine (C=N–C) groups is 1. The quantitative estimate of drug-likeness (QED) is 0.390. The lowest BCUT2D eigenvalue weighted by molar-refractivity contribution is -0.150. The second-order valence-corrected chi connectivity index (χ2v) is 5.12. The molecular formula is C12H24N4O2. The number of hydrogen-bond acceptors (Lipinski definition) is 3. The third-order valence-corrected chi connectivity index (χ3v) is 3.81. The van der Waals surface area contributed by atoms with Crippen LogP contribution < -0.4 is 11.5 Å². The molecule has 1 rings (SSSR count). The molecule has 0 bridgehead atoms. The van der Waals surface area contributed by atoms with Crippen LogP contribution in [0.5, 0.6) is 0 Å². The molecule has 0 unspecified atom stereocenters. The van der Waals surface area contributed by atoms with E-state index in [1.165, 1.54) is 12.8 Å². The average Bonchev–Trinajstić information content (AvgIpc) is 2.55. The van der Waals surface area contributed by atoms with Crippen molar-refractivity contribution in [2.45, 2.75) is 57.2 Å². The highest BCUT2D eigenvalue weighted by atomic mass is 16.4. The average molecular weight is 256 g/mol. The second-order valence-electron chi connectivity index (χ2n) is 5.12. The summed E-state index contributed by atoms with van der Waals surface area (Å²) in [4.78, 5) is 17.2. The van der Waals surface area contributed by atoms with Crippen LogP contribution in [0.15, 0.2) is 4.99 Å². The molecule has 0 aromatic rings. The minimum atomic E-state index is -1.38. The fraction of sp³-hybridized carbons (Fsp3) is 0.833. The highest BCUT2D eigenvalue weighted by Crippen LogP contribution is 2.27. The summed E-state index contributed by atoms with van der Waals surface area (Å²) < 4.78 is 0. The highest BCUT2D eigenvalue weighted by molar-refractivity contribution is 5.84. The number of likely N-dealkylation sites (N-methyl/N-ethyl adjacent to an activating group) is 1. The van der Waals surface area contributed by atoms with E-state index < -0.39 is 11.6 Å². The van der Waals surface area contributed by atoms with Gasteiger partial charge in [-0.2, -0.15) is 0 Å². The molecule has 0 radical (unpaired) electrons. The molecule has 5 N–H and O–H groups in total. The van der Waals surface area contributed by atoms with Gasteiger partial charge in [-0.15, -0.1) is 0 Å². The topological polar surface area (TPSA) is 105 Å². The van der Waals surface area contributed by atoms with Gasteiger partial charge in [0.15, 0.2) is 5.96 Å². The molecule has 104 valence electrons. The monoisotopic (exact) mass is 256 g/mol. The number of carboxylic acid groups (broad SMARTS) is 1. The fourth-order valence-corrected chi connectivity index (χ4v) is 2.53. The molecule has 1 atom stereocenters. The van der Waals surface area contributed by atoms with Gasteiger partial charge >= 0.3 is 5.97 Å². The van der Waals surface area contributed by atoms with Crippen LogP contribution in [0.3, 0.4) is 0 Å². The minimum absolute atomic E-state index is 0.194. The van der Waals surface area contributed by atoms with E-state index in [9.17, 15) is 9.90 Å². The summed E-state index contributed by atoms with van der Waals surface area (Å²) in [7, 11) is 1.79. The molecule has 0 heterocycles. The number of hydrogen-bond donors (Lipinski definition) is 3. The standard InChI is InChI=1S/C12H24N4O2/c1-12(10(17)18,15-11(13)14)16(2)9-7-5-3-4-6-8-9/h9H,3-8H2,1-2H3,(H,17,18)(H4,13,14,15)/t12-/m0/s1.